The molecule has 2 N–H and O–H groups in total. The van der Waals surface area contributed by atoms with Gasteiger partial charge < -0.3 is 15.2 Å². The number of nitrogens with two attached hydrogens (primary N) is 1. The van der Waals surface area contributed by atoms with Gasteiger partial charge in [-0.15, -0.1) is 0 Å². The van der Waals surface area contributed by atoms with E-state index in [0.717, 1.165) is 16.5 Å². The summed E-state index contributed by atoms with van der Waals surface area (Å²) in [5, 5.41) is 2.18. The Labute approximate surface area is 117 Å². The number of benzene rings is 3. The van der Waals surface area contributed by atoms with E-state index in [2.05, 4.69) is 12.1 Å². The molecule has 20 heavy (non-hydrogen) atoms. The van der Waals surface area contributed by atoms with Crippen LogP contribution in [0.15, 0.2) is 60.7 Å². The highest BCUT2D eigenvalue weighted by Crippen LogP contribution is 2.36. The predicted octanol–water partition coefficient (Wildman–Crippen LogP) is 4.22. The number of hydrogen-bond acceptors (Lipinski definition) is 3. The Hall–Kier alpha value is -2.68. The summed E-state index contributed by atoms with van der Waals surface area (Å²) in [6, 6.07) is 19.5. The lowest BCUT2D eigenvalue weighted by Crippen LogP contribution is -1.96. The number of nitrogen functional groups attached to an aromatic ring is 1. The number of methoxy groups -OCH3 is 1. The third-order valence-electron chi connectivity index (χ3n) is 3.22. The molecule has 3 aromatic rings. The smallest absolute Gasteiger partial charge is 0.154 e. The molecule has 0 aliphatic heterocycles. The second-order valence-electron chi connectivity index (χ2n) is 4.45. The molecule has 0 saturated carbocycles. The molecule has 0 amide bonds. The summed E-state index contributed by atoms with van der Waals surface area (Å²) >= 11 is 0. The van der Waals surface area contributed by atoms with E-state index < -0.39 is 0 Å². The summed E-state index contributed by atoms with van der Waals surface area (Å²) in [7, 11) is 1.59. The van der Waals surface area contributed by atoms with Gasteiger partial charge in [0, 0.05) is 5.39 Å². The number of fused-ring (bicyclic) bond motifs is 1. The van der Waals surface area contributed by atoms with Crippen molar-refractivity contribution in [3.63, 3.8) is 0 Å². The molecular weight excluding hydrogens is 250 g/mol. The summed E-state index contributed by atoms with van der Waals surface area (Å²) in [5.74, 6) is 1.99. The topological polar surface area (TPSA) is 44.5 Å². The largest absolute Gasteiger partial charge is 0.494 e. The molecule has 3 rings (SSSR count). The maximum absolute atomic E-state index is 6.04. The summed E-state index contributed by atoms with van der Waals surface area (Å²) in [5.41, 5.74) is 6.54. The third-order valence-corrected chi connectivity index (χ3v) is 3.22. The molecule has 0 spiro atoms. The van der Waals surface area contributed by atoms with E-state index in [-0.39, 0.29) is 0 Å². The lowest BCUT2D eigenvalue weighted by molar-refractivity contribution is 0.412. The molecule has 0 radical (unpaired) electrons. The molecule has 0 saturated heterocycles. The van der Waals surface area contributed by atoms with Gasteiger partial charge in [0.1, 0.15) is 17.2 Å². The van der Waals surface area contributed by atoms with Crippen LogP contribution in [0.25, 0.3) is 10.8 Å². The molecule has 0 atom stereocenters. The van der Waals surface area contributed by atoms with Crippen LogP contribution in [-0.4, -0.2) is 7.11 Å². The third kappa shape index (κ3) is 2.14. The fourth-order valence-electron chi connectivity index (χ4n) is 2.19. The molecular formula is C17H15NO2. The fraction of sp³-hybridized carbons (Fsp3) is 0.0588. The minimum Gasteiger partial charge on any atom is -0.494 e. The highest BCUT2D eigenvalue weighted by molar-refractivity contribution is 5.88. The van der Waals surface area contributed by atoms with Crippen molar-refractivity contribution in [1.29, 1.82) is 0 Å². The molecule has 0 unspecified atom stereocenters. The minimum absolute atomic E-state index is 0.503. The van der Waals surface area contributed by atoms with Crippen molar-refractivity contribution < 1.29 is 9.47 Å². The fourth-order valence-corrected chi connectivity index (χ4v) is 2.19. The number of anilines is 1. The van der Waals surface area contributed by atoms with Crippen molar-refractivity contribution in [2.24, 2.45) is 0 Å². The lowest BCUT2D eigenvalue weighted by Gasteiger charge is -2.12. The van der Waals surface area contributed by atoms with E-state index in [1.807, 2.05) is 48.5 Å². The second kappa shape index (κ2) is 5.13. The molecule has 0 bridgehead atoms. The highest BCUT2D eigenvalue weighted by Gasteiger charge is 2.09. The number of ether oxygens (including phenoxy) is 2. The van der Waals surface area contributed by atoms with Gasteiger partial charge in [-0.1, -0.05) is 42.5 Å². The molecule has 3 nitrogen and oxygen atoms in total. The zero-order chi connectivity index (χ0) is 13.9. The average molecular weight is 265 g/mol. The maximum atomic E-state index is 6.04. The van der Waals surface area contributed by atoms with E-state index >= 15 is 0 Å². The van der Waals surface area contributed by atoms with Gasteiger partial charge in [0.05, 0.1) is 7.11 Å². The molecule has 3 heteroatoms. The van der Waals surface area contributed by atoms with Crippen LogP contribution in [0.1, 0.15) is 0 Å². The first-order valence-corrected chi connectivity index (χ1v) is 6.37. The minimum atomic E-state index is 0.503. The standard InChI is InChI=1S/C17H15NO2/c1-19-15-10-5-11-16(17(15)18)20-14-9-4-7-12-6-2-3-8-13(12)14/h2-11H,18H2,1H3. The Morgan fingerprint density at radius 1 is 0.750 bits per heavy atom. The molecule has 0 aliphatic carbocycles. The first kappa shape index (κ1) is 12.4. The van der Waals surface area contributed by atoms with Crippen LogP contribution in [0.2, 0.25) is 0 Å². The predicted molar refractivity (Wildman–Crippen MR) is 81.4 cm³/mol. The van der Waals surface area contributed by atoms with Gasteiger partial charge in [-0.2, -0.15) is 0 Å². The van der Waals surface area contributed by atoms with E-state index in [1.54, 1.807) is 7.11 Å². The Kier molecular flexibility index (Phi) is 3.17. The van der Waals surface area contributed by atoms with Crippen LogP contribution in [0.3, 0.4) is 0 Å². The number of hydrogen-bond donors (Lipinski definition) is 1. The maximum Gasteiger partial charge on any atom is 0.154 e. The highest BCUT2D eigenvalue weighted by atomic mass is 16.5. The first-order valence-electron chi connectivity index (χ1n) is 6.37. The summed E-state index contributed by atoms with van der Waals surface area (Å²) in [6.45, 7) is 0. The Morgan fingerprint density at radius 2 is 1.40 bits per heavy atom. The quantitative estimate of drug-likeness (QED) is 0.721. The molecule has 0 fully saturated rings. The van der Waals surface area contributed by atoms with Crippen molar-refractivity contribution in [3.8, 4) is 17.2 Å². The zero-order valence-electron chi connectivity index (χ0n) is 11.2. The molecule has 0 aliphatic rings. The van der Waals surface area contributed by atoms with Crippen LogP contribution in [-0.2, 0) is 0 Å². The Bertz CT molecular complexity index is 748. The Morgan fingerprint density at radius 3 is 2.25 bits per heavy atom. The number of para-hydroxylation sites is 1. The van der Waals surface area contributed by atoms with E-state index in [1.165, 1.54) is 0 Å². The molecule has 3 aromatic carbocycles. The van der Waals surface area contributed by atoms with Crippen LogP contribution < -0.4 is 15.2 Å². The zero-order valence-corrected chi connectivity index (χ0v) is 11.2. The molecule has 0 heterocycles. The van der Waals surface area contributed by atoms with Gasteiger partial charge in [0.25, 0.3) is 0 Å². The van der Waals surface area contributed by atoms with Gasteiger partial charge in [-0.25, -0.2) is 0 Å². The monoisotopic (exact) mass is 265 g/mol. The van der Waals surface area contributed by atoms with Crippen molar-refractivity contribution in [2.75, 3.05) is 12.8 Å². The van der Waals surface area contributed by atoms with Crippen LogP contribution in [0, 0.1) is 0 Å². The second-order valence-corrected chi connectivity index (χ2v) is 4.45. The van der Waals surface area contributed by atoms with E-state index in [9.17, 15) is 0 Å². The van der Waals surface area contributed by atoms with Crippen molar-refractivity contribution >= 4 is 16.5 Å². The summed E-state index contributed by atoms with van der Waals surface area (Å²) in [6.07, 6.45) is 0. The van der Waals surface area contributed by atoms with Crippen molar-refractivity contribution in [1.82, 2.24) is 0 Å². The van der Waals surface area contributed by atoms with Crippen molar-refractivity contribution in [3.05, 3.63) is 60.7 Å². The normalized spacial score (nSPS) is 10.4. The van der Waals surface area contributed by atoms with Crippen LogP contribution in [0.5, 0.6) is 17.2 Å². The van der Waals surface area contributed by atoms with Gasteiger partial charge in [-0.3, -0.25) is 0 Å². The molecule has 0 aromatic heterocycles. The van der Waals surface area contributed by atoms with Gasteiger partial charge in [-0.05, 0) is 23.6 Å². The summed E-state index contributed by atoms with van der Waals surface area (Å²) in [4.78, 5) is 0. The van der Waals surface area contributed by atoms with Gasteiger partial charge in [0.15, 0.2) is 5.75 Å². The molecule has 100 valence electrons. The van der Waals surface area contributed by atoms with Crippen LogP contribution >= 0.6 is 0 Å². The average Bonchev–Trinajstić information content (AvgIpc) is 2.50. The summed E-state index contributed by atoms with van der Waals surface area (Å²) < 4.78 is 11.2. The SMILES string of the molecule is COc1cccc(Oc2cccc3ccccc23)c1N. The van der Waals surface area contributed by atoms with Gasteiger partial charge >= 0.3 is 0 Å². The lowest BCUT2D eigenvalue weighted by atomic mass is 10.1. The van der Waals surface area contributed by atoms with Gasteiger partial charge in [0.2, 0.25) is 0 Å². The number of rotatable bonds is 3. The van der Waals surface area contributed by atoms with Crippen LogP contribution in [0.4, 0.5) is 5.69 Å². The van der Waals surface area contributed by atoms with E-state index in [0.29, 0.717) is 17.2 Å². The first-order chi connectivity index (χ1) is 9.79. The van der Waals surface area contributed by atoms with E-state index in [4.69, 9.17) is 15.2 Å². The Balaban J connectivity index is 2.06. The van der Waals surface area contributed by atoms with Crippen molar-refractivity contribution in [2.45, 2.75) is 0 Å².